The van der Waals surface area contributed by atoms with E-state index in [0.29, 0.717) is 0 Å². The van der Waals surface area contributed by atoms with Crippen molar-refractivity contribution in [1.82, 2.24) is 0 Å². The van der Waals surface area contributed by atoms with Crippen LogP contribution in [0.2, 0.25) is 0 Å². The van der Waals surface area contributed by atoms with Gasteiger partial charge in [0.1, 0.15) is 0 Å². The summed E-state index contributed by atoms with van der Waals surface area (Å²) in [6.45, 7) is 0. The molecule has 13 aromatic carbocycles. The van der Waals surface area contributed by atoms with Crippen molar-refractivity contribution in [2.75, 3.05) is 0 Å². The molecule has 0 heterocycles. The third-order valence-electron chi connectivity index (χ3n) is 13.6. The zero-order valence-electron chi connectivity index (χ0n) is 35.1. The van der Waals surface area contributed by atoms with Crippen molar-refractivity contribution in [2.24, 2.45) is 0 Å². The molecule has 0 amide bonds. The normalized spacial score (nSPS) is 11.8. The van der Waals surface area contributed by atoms with Crippen molar-refractivity contribution >= 4 is 75.4 Å². The Morgan fingerprint density at radius 3 is 0.906 bits per heavy atom. The first kappa shape index (κ1) is 36.3. The highest BCUT2D eigenvalue weighted by Crippen LogP contribution is 2.48. The standard InChI is InChI=1S/C64H40/c1-3-18-43-38-47(34-32-41(43)16-1)62-54-26-9-7-24-52(54)61(53-25-8-10-27-55(53)62)46-21-15-20-45(40-46)49-36-37-60(51-23-6-5-22-50(49)51)64-58-30-13-11-28-56(58)63(57-29-12-14-31-59(57)64)48-35-33-42-17-2-4-19-44(42)39-48/h1-40H. The second-order valence-electron chi connectivity index (χ2n) is 17.1. The van der Waals surface area contributed by atoms with Gasteiger partial charge in [-0.05, 0) is 149 Å². The lowest BCUT2D eigenvalue weighted by atomic mass is 9.83. The van der Waals surface area contributed by atoms with E-state index in [4.69, 9.17) is 0 Å². The molecule has 0 saturated carbocycles. The van der Waals surface area contributed by atoms with Crippen LogP contribution in [0.4, 0.5) is 0 Å². The van der Waals surface area contributed by atoms with Crippen LogP contribution in [0.1, 0.15) is 0 Å². The Balaban J connectivity index is 1.00. The van der Waals surface area contributed by atoms with Gasteiger partial charge in [0, 0.05) is 0 Å². The molecule has 0 fully saturated rings. The molecule has 13 rings (SSSR count). The van der Waals surface area contributed by atoms with Crippen molar-refractivity contribution in [1.29, 1.82) is 0 Å². The fourth-order valence-corrected chi connectivity index (χ4v) is 10.8. The van der Waals surface area contributed by atoms with Gasteiger partial charge >= 0.3 is 0 Å². The molecule has 0 atom stereocenters. The van der Waals surface area contributed by atoms with Crippen molar-refractivity contribution < 1.29 is 0 Å². The van der Waals surface area contributed by atoms with E-state index < -0.39 is 0 Å². The second-order valence-corrected chi connectivity index (χ2v) is 17.1. The summed E-state index contributed by atoms with van der Waals surface area (Å²) in [6.07, 6.45) is 0. The smallest absolute Gasteiger partial charge is 0.00201 e. The zero-order chi connectivity index (χ0) is 42.1. The molecule has 0 spiro atoms. The van der Waals surface area contributed by atoms with Crippen LogP contribution < -0.4 is 0 Å². The second kappa shape index (κ2) is 14.7. The lowest BCUT2D eigenvalue weighted by Crippen LogP contribution is -1.93. The largest absolute Gasteiger partial charge is 0.0616 e. The van der Waals surface area contributed by atoms with Gasteiger partial charge < -0.3 is 0 Å². The first-order valence-corrected chi connectivity index (χ1v) is 22.2. The molecule has 0 nitrogen and oxygen atoms in total. The highest BCUT2D eigenvalue weighted by molar-refractivity contribution is 6.25. The third-order valence-corrected chi connectivity index (χ3v) is 13.6. The summed E-state index contributed by atoms with van der Waals surface area (Å²) in [5, 5.41) is 17.6. The summed E-state index contributed by atoms with van der Waals surface area (Å²) in [4.78, 5) is 0. The van der Waals surface area contributed by atoms with Gasteiger partial charge in [0.05, 0.1) is 0 Å². The molecular weight excluding hydrogens is 769 g/mol. The van der Waals surface area contributed by atoms with Crippen LogP contribution in [0.3, 0.4) is 0 Å². The van der Waals surface area contributed by atoms with Gasteiger partial charge in [0.15, 0.2) is 0 Å². The minimum atomic E-state index is 1.20. The topological polar surface area (TPSA) is 0 Å². The third kappa shape index (κ3) is 5.70. The number of rotatable bonds is 5. The molecule has 0 saturated heterocycles. The van der Waals surface area contributed by atoms with E-state index in [1.807, 2.05) is 0 Å². The maximum atomic E-state index is 2.41. The van der Waals surface area contributed by atoms with Gasteiger partial charge in [-0.1, -0.05) is 224 Å². The lowest BCUT2D eigenvalue weighted by Gasteiger charge is -2.20. The SMILES string of the molecule is c1cc(-c2ccc(-c3c4ccccc4c(-c4ccc5ccccc5c4)c4ccccc34)c3ccccc23)cc(-c2c3ccccc3c(-c3ccc4ccccc4c3)c3ccccc23)c1. The Labute approximate surface area is 371 Å². The Hall–Kier alpha value is -8.32. The minimum Gasteiger partial charge on any atom is -0.0616 e. The molecule has 0 radical (unpaired) electrons. The average molecular weight is 809 g/mol. The molecule has 0 N–H and O–H groups in total. The molecule has 0 aromatic heterocycles. The highest BCUT2D eigenvalue weighted by atomic mass is 14.2. The number of hydrogen-bond acceptors (Lipinski definition) is 0. The number of hydrogen-bond donors (Lipinski definition) is 0. The summed E-state index contributed by atoms with van der Waals surface area (Å²) in [5.41, 5.74) is 12.5. The molecule has 13 aromatic rings. The fourth-order valence-electron chi connectivity index (χ4n) is 10.8. The number of benzene rings is 13. The number of fused-ring (bicyclic) bond motifs is 7. The van der Waals surface area contributed by atoms with Crippen molar-refractivity contribution in [3.8, 4) is 55.6 Å². The molecule has 0 aliphatic rings. The Morgan fingerprint density at radius 1 is 0.156 bits per heavy atom. The monoisotopic (exact) mass is 808 g/mol. The maximum absolute atomic E-state index is 2.41. The van der Waals surface area contributed by atoms with Gasteiger partial charge in [0.25, 0.3) is 0 Å². The van der Waals surface area contributed by atoms with Crippen LogP contribution in [0.5, 0.6) is 0 Å². The zero-order valence-corrected chi connectivity index (χ0v) is 35.1. The Kier molecular flexibility index (Phi) is 8.32. The van der Waals surface area contributed by atoms with Gasteiger partial charge in [-0.25, -0.2) is 0 Å². The molecule has 0 aliphatic carbocycles. The van der Waals surface area contributed by atoms with E-state index in [1.54, 1.807) is 0 Å². The first-order chi connectivity index (χ1) is 31.8. The van der Waals surface area contributed by atoms with Gasteiger partial charge in [-0.2, -0.15) is 0 Å². The lowest BCUT2D eigenvalue weighted by molar-refractivity contribution is 1.63. The summed E-state index contributed by atoms with van der Waals surface area (Å²) in [7, 11) is 0. The fraction of sp³-hybridized carbons (Fsp3) is 0. The van der Waals surface area contributed by atoms with Crippen LogP contribution in [0, 0.1) is 0 Å². The Morgan fingerprint density at radius 2 is 0.469 bits per heavy atom. The van der Waals surface area contributed by atoms with E-state index in [-0.39, 0.29) is 0 Å². The Bertz CT molecular complexity index is 3900. The minimum absolute atomic E-state index is 1.20. The molecule has 0 unspecified atom stereocenters. The molecule has 296 valence electrons. The van der Waals surface area contributed by atoms with Crippen molar-refractivity contribution in [2.45, 2.75) is 0 Å². The maximum Gasteiger partial charge on any atom is -0.00201 e. The molecular formula is C64H40. The summed E-state index contributed by atoms with van der Waals surface area (Å²) < 4.78 is 0. The van der Waals surface area contributed by atoms with E-state index in [9.17, 15) is 0 Å². The predicted molar refractivity (Wildman–Crippen MR) is 276 cm³/mol. The van der Waals surface area contributed by atoms with E-state index in [2.05, 4.69) is 243 Å². The first-order valence-electron chi connectivity index (χ1n) is 22.2. The van der Waals surface area contributed by atoms with Crippen LogP contribution in [-0.2, 0) is 0 Å². The molecule has 0 heteroatoms. The molecule has 64 heavy (non-hydrogen) atoms. The van der Waals surface area contributed by atoms with Gasteiger partial charge in [-0.3, -0.25) is 0 Å². The average Bonchev–Trinajstić information content (AvgIpc) is 3.36. The van der Waals surface area contributed by atoms with Crippen LogP contribution in [0.25, 0.3) is 131 Å². The quantitative estimate of drug-likeness (QED) is 0.152. The predicted octanol–water partition coefficient (Wildman–Crippen LogP) is 18.1. The molecule has 0 bridgehead atoms. The van der Waals surface area contributed by atoms with Crippen LogP contribution in [0.15, 0.2) is 243 Å². The van der Waals surface area contributed by atoms with Crippen molar-refractivity contribution in [3.63, 3.8) is 0 Å². The van der Waals surface area contributed by atoms with E-state index >= 15 is 0 Å². The van der Waals surface area contributed by atoms with Crippen LogP contribution in [-0.4, -0.2) is 0 Å². The highest BCUT2D eigenvalue weighted by Gasteiger charge is 2.21. The molecule has 0 aliphatic heterocycles. The summed E-state index contributed by atoms with van der Waals surface area (Å²) >= 11 is 0. The van der Waals surface area contributed by atoms with E-state index in [0.717, 1.165) is 0 Å². The van der Waals surface area contributed by atoms with E-state index in [1.165, 1.54) is 131 Å². The summed E-state index contributed by atoms with van der Waals surface area (Å²) in [6, 6.07) is 90.0. The van der Waals surface area contributed by atoms with Crippen molar-refractivity contribution in [3.05, 3.63) is 243 Å². The van der Waals surface area contributed by atoms with Crippen LogP contribution >= 0.6 is 0 Å². The van der Waals surface area contributed by atoms with Gasteiger partial charge in [0.2, 0.25) is 0 Å². The summed E-state index contributed by atoms with van der Waals surface area (Å²) in [5.74, 6) is 0. The van der Waals surface area contributed by atoms with Gasteiger partial charge in [-0.15, -0.1) is 0 Å².